The molecular weight excluding hydrogens is 306 g/mol. The van der Waals surface area contributed by atoms with Gasteiger partial charge in [-0.2, -0.15) is 8.75 Å². The SMILES string of the molecule is Cc1nsnc1Cn1nnc(C(=O)NCC(=O)N(C)C)c1C. The maximum absolute atomic E-state index is 12.1. The van der Waals surface area contributed by atoms with E-state index < -0.39 is 5.91 Å². The molecule has 0 bridgehead atoms. The normalized spacial score (nSPS) is 10.5. The standard InChI is InChI=1S/C12H17N7O2S/c1-7-9(16-22-15-7)6-19-8(2)11(14-17-19)12(21)13-5-10(20)18(3)4/h5-6H2,1-4H3,(H,13,21). The first-order valence-corrected chi connectivity index (χ1v) is 7.29. The van der Waals surface area contributed by atoms with Crippen LogP contribution in [-0.2, 0) is 11.3 Å². The molecule has 0 aliphatic carbocycles. The van der Waals surface area contributed by atoms with Gasteiger partial charge in [-0.05, 0) is 13.8 Å². The Hall–Kier alpha value is -2.36. The van der Waals surface area contributed by atoms with Crippen LogP contribution >= 0.6 is 11.7 Å². The highest BCUT2D eigenvalue weighted by Crippen LogP contribution is 2.09. The second-order valence-corrected chi connectivity index (χ2v) is 5.48. The molecule has 0 atom stereocenters. The van der Waals surface area contributed by atoms with Crippen molar-refractivity contribution in [2.24, 2.45) is 0 Å². The third kappa shape index (κ3) is 3.45. The van der Waals surface area contributed by atoms with Crippen LogP contribution in [0.25, 0.3) is 0 Å². The summed E-state index contributed by atoms with van der Waals surface area (Å²) in [7, 11) is 3.25. The highest BCUT2D eigenvalue weighted by molar-refractivity contribution is 6.99. The molecule has 0 radical (unpaired) electrons. The third-order valence-corrected chi connectivity index (χ3v) is 3.80. The summed E-state index contributed by atoms with van der Waals surface area (Å²) in [6.45, 7) is 3.95. The molecule has 22 heavy (non-hydrogen) atoms. The zero-order chi connectivity index (χ0) is 16.3. The van der Waals surface area contributed by atoms with Crippen LogP contribution in [-0.4, -0.2) is 61.1 Å². The van der Waals surface area contributed by atoms with Gasteiger partial charge >= 0.3 is 0 Å². The van der Waals surface area contributed by atoms with Crippen LogP contribution in [0.15, 0.2) is 0 Å². The first kappa shape index (κ1) is 16.0. The molecule has 10 heteroatoms. The fourth-order valence-electron chi connectivity index (χ4n) is 1.65. The van der Waals surface area contributed by atoms with Gasteiger partial charge in [0, 0.05) is 14.1 Å². The van der Waals surface area contributed by atoms with Crippen LogP contribution < -0.4 is 5.32 Å². The molecule has 0 saturated carbocycles. The molecule has 0 aliphatic rings. The van der Waals surface area contributed by atoms with Gasteiger partial charge in [0.2, 0.25) is 5.91 Å². The molecule has 1 N–H and O–H groups in total. The van der Waals surface area contributed by atoms with Crippen LogP contribution in [0.1, 0.15) is 27.6 Å². The van der Waals surface area contributed by atoms with Crippen molar-refractivity contribution in [3.05, 3.63) is 22.8 Å². The summed E-state index contributed by atoms with van der Waals surface area (Å²) >= 11 is 1.14. The molecule has 118 valence electrons. The zero-order valence-corrected chi connectivity index (χ0v) is 13.6. The lowest BCUT2D eigenvalue weighted by Gasteiger charge is -2.10. The fourth-order valence-corrected chi connectivity index (χ4v) is 2.21. The molecule has 0 saturated heterocycles. The molecule has 0 aliphatic heterocycles. The van der Waals surface area contributed by atoms with Gasteiger partial charge in [-0.25, -0.2) is 4.68 Å². The van der Waals surface area contributed by atoms with Crippen molar-refractivity contribution < 1.29 is 9.59 Å². The van der Waals surface area contributed by atoms with Crippen molar-refractivity contribution in [2.45, 2.75) is 20.4 Å². The summed E-state index contributed by atoms with van der Waals surface area (Å²) in [4.78, 5) is 24.9. The summed E-state index contributed by atoms with van der Waals surface area (Å²) in [5, 5.41) is 10.4. The number of aromatic nitrogens is 5. The molecular formula is C12H17N7O2S. The number of aryl methyl sites for hydroxylation is 1. The average molecular weight is 323 g/mol. The Kier molecular flexibility index (Phi) is 4.81. The van der Waals surface area contributed by atoms with Crippen molar-refractivity contribution in [1.29, 1.82) is 0 Å². The summed E-state index contributed by atoms with van der Waals surface area (Å²) in [5.41, 5.74) is 2.45. The Labute approximate surface area is 131 Å². The maximum atomic E-state index is 12.1. The zero-order valence-electron chi connectivity index (χ0n) is 12.8. The van der Waals surface area contributed by atoms with Gasteiger partial charge in [0.25, 0.3) is 5.91 Å². The Balaban J connectivity index is 2.05. The van der Waals surface area contributed by atoms with Crippen molar-refractivity contribution in [1.82, 2.24) is 34.0 Å². The van der Waals surface area contributed by atoms with E-state index in [9.17, 15) is 9.59 Å². The Morgan fingerprint density at radius 1 is 1.27 bits per heavy atom. The number of likely N-dealkylation sites (N-methyl/N-ethyl adjacent to an activating group) is 1. The highest BCUT2D eigenvalue weighted by atomic mass is 32.1. The summed E-state index contributed by atoms with van der Waals surface area (Å²) < 4.78 is 9.86. The van der Waals surface area contributed by atoms with Crippen molar-refractivity contribution in [3.8, 4) is 0 Å². The number of rotatable bonds is 5. The number of nitrogens with one attached hydrogen (secondary N) is 1. The minimum absolute atomic E-state index is 0.0761. The Bertz CT molecular complexity index is 691. The Morgan fingerprint density at radius 2 is 2.00 bits per heavy atom. The lowest BCUT2D eigenvalue weighted by molar-refractivity contribution is -0.127. The number of nitrogens with zero attached hydrogens (tertiary/aromatic N) is 6. The topological polar surface area (TPSA) is 106 Å². The number of hydrogen-bond donors (Lipinski definition) is 1. The van der Waals surface area contributed by atoms with Crippen LogP contribution in [0.3, 0.4) is 0 Å². The summed E-state index contributed by atoms with van der Waals surface area (Å²) in [5.74, 6) is -0.616. The molecule has 2 rings (SSSR count). The lowest BCUT2D eigenvalue weighted by atomic mass is 10.3. The molecule has 0 aromatic carbocycles. The fraction of sp³-hybridized carbons (Fsp3) is 0.500. The predicted molar refractivity (Wildman–Crippen MR) is 79.5 cm³/mol. The van der Waals surface area contributed by atoms with Crippen LogP contribution in [0, 0.1) is 13.8 Å². The Morgan fingerprint density at radius 3 is 2.59 bits per heavy atom. The van der Waals surface area contributed by atoms with Gasteiger partial charge in [0.1, 0.15) is 0 Å². The van der Waals surface area contributed by atoms with E-state index in [2.05, 4.69) is 24.4 Å². The van der Waals surface area contributed by atoms with Gasteiger partial charge in [-0.15, -0.1) is 5.10 Å². The summed E-state index contributed by atoms with van der Waals surface area (Å²) in [6.07, 6.45) is 0. The van der Waals surface area contributed by atoms with Crippen molar-refractivity contribution >= 4 is 23.5 Å². The third-order valence-electron chi connectivity index (χ3n) is 3.14. The first-order chi connectivity index (χ1) is 10.4. The molecule has 2 aromatic rings. The van der Waals surface area contributed by atoms with E-state index in [-0.39, 0.29) is 18.1 Å². The van der Waals surface area contributed by atoms with Gasteiger partial charge in [0.05, 0.1) is 41.9 Å². The first-order valence-electron chi connectivity index (χ1n) is 6.56. The molecule has 9 nitrogen and oxygen atoms in total. The number of carbonyl (C=O) groups excluding carboxylic acids is 2. The van der Waals surface area contributed by atoms with Crippen LogP contribution in [0.4, 0.5) is 0 Å². The minimum atomic E-state index is -0.424. The van der Waals surface area contributed by atoms with Crippen LogP contribution in [0.5, 0.6) is 0 Å². The van der Waals surface area contributed by atoms with Gasteiger partial charge in [0.15, 0.2) is 5.69 Å². The number of amides is 2. The van der Waals surface area contributed by atoms with E-state index >= 15 is 0 Å². The minimum Gasteiger partial charge on any atom is -0.347 e. The molecule has 2 aromatic heterocycles. The molecule has 2 amide bonds. The predicted octanol–water partition coefficient (Wildman–Crippen LogP) is -0.387. The smallest absolute Gasteiger partial charge is 0.274 e. The van der Waals surface area contributed by atoms with Gasteiger partial charge in [-0.1, -0.05) is 5.21 Å². The van der Waals surface area contributed by atoms with E-state index in [0.29, 0.717) is 12.2 Å². The second kappa shape index (κ2) is 6.60. The largest absolute Gasteiger partial charge is 0.347 e. The quantitative estimate of drug-likeness (QED) is 0.803. The number of hydrogen-bond acceptors (Lipinski definition) is 7. The molecule has 0 unspecified atom stereocenters. The van der Waals surface area contributed by atoms with E-state index in [1.807, 2.05) is 6.92 Å². The van der Waals surface area contributed by atoms with E-state index in [1.54, 1.807) is 25.7 Å². The number of carbonyl (C=O) groups is 2. The van der Waals surface area contributed by atoms with E-state index in [1.165, 1.54) is 4.90 Å². The molecule has 0 spiro atoms. The maximum Gasteiger partial charge on any atom is 0.274 e. The lowest BCUT2D eigenvalue weighted by Crippen LogP contribution is -2.36. The van der Waals surface area contributed by atoms with Crippen molar-refractivity contribution in [2.75, 3.05) is 20.6 Å². The second-order valence-electron chi connectivity index (χ2n) is 4.95. The van der Waals surface area contributed by atoms with Gasteiger partial charge < -0.3 is 10.2 Å². The van der Waals surface area contributed by atoms with E-state index in [0.717, 1.165) is 23.1 Å². The van der Waals surface area contributed by atoms with Crippen molar-refractivity contribution in [3.63, 3.8) is 0 Å². The summed E-state index contributed by atoms with van der Waals surface area (Å²) in [6, 6.07) is 0. The average Bonchev–Trinajstić information content (AvgIpc) is 3.04. The van der Waals surface area contributed by atoms with E-state index in [4.69, 9.17) is 0 Å². The monoisotopic (exact) mass is 323 g/mol. The molecule has 0 fully saturated rings. The highest BCUT2D eigenvalue weighted by Gasteiger charge is 2.18. The molecule has 2 heterocycles. The van der Waals surface area contributed by atoms with Crippen LogP contribution in [0.2, 0.25) is 0 Å². The van der Waals surface area contributed by atoms with Gasteiger partial charge in [-0.3, -0.25) is 9.59 Å².